The highest BCUT2D eigenvalue weighted by Gasteiger charge is 2.10. The zero-order valence-electron chi connectivity index (χ0n) is 10.3. The van der Waals surface area contributed by atoms with Crippen molar-refractivity contribution >= 4 is 34.8 Å². The van der Waals surface area contributed by atoms with Gasteiger partial charge < -0.3 is 4.90 Å². The molecule has 0 saturated heterocycles. The Morgan fingerprint density at radius 2 is 1.39 bits per heavy atom. The van der Waals surface area contributed by atoms with Crippen LogP contribution in [0.1, 0.15) is 11.1 Å². The average molecular weight is 283 g/mol. The second-order valence-corrected chi connectivity index (χ2v) is 4.75. The van der Waals surface area contributed by atoms with E-state index in [2.05, 4.69) is 21.0 Å². The summed E-state index contributed by atoms with van der Waals surface area (Å²) in [6, 6.07) is 6.18. The number of benzene rings is 1. The second kappa shape index (κ2) is 5.08. The third-order valence-electron chi connectivity index (χ3n) is 2.46. The molecule has 0 fully saturated rings. The molecule has 0 aliphatic rings. The summed E-state index contributed by atoms with van der Waals surface area (Å²) >= 11 is 11.5. The highest BCUT2D eigenvalue weighted by molar-refractivity contribution is 6.31. The van der Waals surface area contributed by atoms with Crippen LogP contribution in [0.25, 0.3) is 0 Å². The Morgan fingerprint density at radius 3 is 1.89 bits per heavy atom. The summed E-state index contributed by atoms with van der Waals surface area (Å²) in [5.74, 6) is 0.421. The predicted octanol–water partition coefficient (Wildman–Crippen LogP) is 3.56. The highest BCUT2D eigenvalue weighted by atomic mass is 35.5. The Bertz CT molecular complexity index is 494. The summed E-state index contributed by atoms with van der Waals surface area (Å²) < 4.78 is 0. The van der Waals surface area contributed by atoms with Crippen LogP contribution >= 0.6 is 23.2 Å². The van der Waals surface area contributed by atoms with Crippen LogP contribution in [0.2, 0.25) is 10.6 Å². The van der Waals surface area contributed by atoms with Gasteiger partial charge in [0.15, 0.2) is 0 Å². The first-order valence-electron chi connectivity index (χ1n) is 5.35. The van der Waals surface area contributed by atoms with Gasteiger partial charge in [0.25, 0.3) is 0 Å². The SMILES string of the molecule is Cc1cc(C)cc(N(C)c2nc(Cl)nc(Cl)n2)c1. The molecule has 0 unspecified atom stereocenters. The Morgan fingerprint density at radius 1 is 0.889 bits per heavy atom. The van der Waals surface area contributed by atoms with Crippen LogP contribution in [0.4, 0.5) is 11.6 Å². The van der Waals surface area contributed by atoms with Gasteiger partial charge in [0.05, 0.1) is 0 Å². The molecule has 0 amide bonds. The third kappa shape index (κ3) is 2.89. The number of hydrogen-bond donors (Lipinski definition) is 0. The molecule has 18 heavy (non-hydrogen) atoms. The summed E-state index contributed by atoms with van der Waals surface area (Å²) in [5, 5.41) is 0.169. The van der Waals surface area contributed by atoms with Crippen molar-refractivity contribution in [3.8, 4) is 0 Å². The Balaban J connectivity index is 2.43. The molecule has 0 saturated carbocycles. The van der Waals surface area contributed by atoms with E-state index in [1.54, 1.807) is 0 Å². The maximum atomic E-state index is 5.77. The highest BCUT2D eigenvalue weighted by Crippen LogP contribution is 2.24. The summed E-state index contributed by atoms with van der Waals surface area (Å²) in [6.07, 6.45) is 0. The Hall–Kier alpha value is -1.39. The topological polar surface area (TPSA) is 41.9 Å². The van der Waals surface area contributed by atoms with Gasteiger partial charge in [-0.25, -0.2) is 0 Å². The van der Waals surface area contributed by atoms with Crippen molar-refractivity contribution in [2.24, 2.45) is 0 Å². The maximum Gasteiger partial charge on any atom is 0.235 e. The number of anilines is 2. The largest absolute Gasteiger partial charge is 0.313 e. The Kier molecular flexibility index (Phi) is 3.68. The molecule has 0 N–H and O–H groups in total. The van der Waals surface area contributed by atoms with Crippen molar-refractivity contribution < 1.29 is 0 Å². The summed E-state index contributed by atoms with van der Waals surface area (Å²) in [5.41, 5.74) is 3.32. The van der Waals surface area contributed by atoms with Crippen LogP contribution in [-0.4, -0.2) is 22.0 Å². The van der Waals surface area contributed by atoms with Crippen molar-refractivity contribution in [1.29, 1.82) is 0 Å². The number of nitrogens with zero attached hydrogens (tertiary/aromatic N) is 4. The zero-order chi connectivity index (χ0) is 13.3. The van der Waals surface area contributed by atoms with Crippen molar-refractivity contribution in [3.05, 3.63) is 39.9 Å². The monoisotopic (exact) mass is 282 g/mol. The van der Waals surface area contributed by atoms with E-state index in [4.69, 9.17) is 23.2 Å². The second-order valence-electron chi connectivity index (χ2n) is 4.08. The lowest BCUT2D eigenvalue weighted by Crippen LogP contribution is -2.14. The first-order chi connectivity index (χ1) is 8.45. The van der Waals surface area contributed by atoms with E-state index in [-0.39, 0.29) is 10.6 Å². The fraction of sp³-hybridized carbons (Fsp3) is 0.250. The van der Waals surface area contributed by atoms with Gasteiger partial charge in [-0.3, -0.25) is 0 Å². The smallest absolute Gasteiger partial charge is 0.235 e. The van der Waals surface area contributed by atoms with Crippen molar-refractivity contribution in [2.45, 2.75) is 13.8 Å². The van der Waals surface area contributed by atoms with Gasteiger partial charge in [0.1, 0.15) is 0 Å². The van der Waals surface area contributed by atoms with Crippen LogP contribution in [0, 0.1) is 13.8 Å². The molecule has 6 heteroatoms. The molecule has 2 rings (SSSR count). The average Bonchev–Trinajstić information content (AvgIpc) is 2.25. The van der Waals surface area contributed by atoms with Crippen LogP contribution < -0.4 is 4.90 Å². The van der Waals surface area contributed by atoms with Gasteiger partial charge in [-0.2, -0.15) is 15.0 Å². The van der Waals surface area contributed by atoms with E-state index in [0.29, 0.717) is 5.95 Å². The standard InChI is InChI=1S/C12H12Cl2N4/c1-7-4-8(2)6-9(5-7)18(3)12-16-10(13)15-11(14)17-12/h4-6H,1-3H3. The number of hydrogen-bond acceptors (Lipinski definition) is 4. The first-order valence-corrected chi connectivity index (χ1v) is 6.10. The lowest BCUT2D eigenvalue weighted by Gasteiger charge is -2.18. The van der Waals surface area contributed by atoms with Crippen LogP contribution in [0.3, 0.4) is 0 Å². The third-order valence-corrected chi connectivity index (χ3v) is 2.80. The lowest BCUT2D eigenvalue weighted by molar-refractivity contribution is 0.984. The van der Waals surface area contributed by atoms with Gasteiger partial charge in [-0.1, -0.05) is 6.07 Å². The number of aryl methyl sites for hydroxylation is 2. The molecule has 1 heterocycles. The summed E-state index contributed by atoms with van der Waals surface area (Å²) in [4.78, 5) is 13.7. The molecular weight excluding hydrogens is 271 g/mol. The minimum absolute atomic E-state index is 0.0845. The molecule has 94 valence electrons. The van der Waals surface area contributed by atoms with Crippen molar-refractivity contribution in [1.82, 2.24) is 15.0 Å². The lowest BCUT2D eigenvalue weighted by atomic mass is 10.1. The van der Waals surface area contributed by atoms with E-state index in [1.165, 1.54) is 11.1 Å². The summed E-state index contributed by atoms with van der Waals surface area (Å²) in [6.45, 7) is 4.08. The number of rotatable bonds is 2. The fourth-order valence-corrected chi connectivity index (χ4v) is 2.08. The number of aromatic nitrogens is 3. The van der Waals surface area contributed by atoms with Gasteiger partial charge in [-0.05, 0) is 60.3 Å². The molecule has 2 aromatic rings. The van der Waals surface area contributed by atoms with Crippen LogP contribution in [0.15, 0.2) is 18.2 Å². The Labute approximate surface area is 116 Å². The number of halogens is 2. The molecule has 0 atom stereocenters. The molecular formula is C12H12Cl2N4. The predicted molar refractivity (Wildman–Crippen MR) is 73.8 cm³/mol. The van der Waals surface area contributed by atoms with Gasteiger partial charge in [0.2, 0.25) is 16.5 Å². The molecule has 0 bridgehead atoms. The van der Waals surface area contributed by atoms with Crippen LogP contribution in [0.5, 0.6) is 0 Å². The molecule has 0 aliphatic carbocycles. The maximum absolute atomic E-state index is 5.77. The molecule has 0 radical (unpaired) electrons. The van der Waals surface area contributed by atoms with E-state index in [9.17, 15) is 0 Å². The van der Waals surface area contributed by atoms with Gasteiger partial charge >= 0.3 is 0 Å². The van der Waals surface area contributed by atoms with Crippen molar-refractivity contribution in [3.63, 3.8) is 0 Å². The van der Waals surface area contributed by atoms with Gasteiger partial charge in [-0.15, -0.1) is 0 Å². The quantitative estimate of drug-likeness (QED) is 0.845. The minimum atomic E-state index is 0.0845. The zero-order valence-corrected chi connectivity index (χ0v) is 11.8. The van der Waals surface area contributed by atoms with E-state index in [1.807, 2.05) is 37.9 Å². The molecule has 0 aliphatic heterocycles. The fourth-order valence-electron chi connectivity index (χ4n) is 1.73. The molecule has 1 aromatic heterocycles. The normalized spacial score (nSPS) is 10.5. The summed E-state index contributed by atoms with van der Waals surface area (Å²) in [7, 11) is 1.86. The molecule has 1 aromatic carbocycles. The first kappa shape index (κ1) is 13.1. The molecule has 0 spiro atoms. The van der Waals surface area contributed by atoms with E-state index >= 15 is 0 Å². The van der Waals surface area contributed by atoms with Crippen LogP contribution in [-0.2, 0) is 0 Å². The van der Waals surface area contributed by atoms with E-state index < -0.39 is 0 Å². The van der Waals surface area contributed by atoms with Crippen molar-refractivity contribution in [2.75, 3.05) is 11.9 Å². The van der Waals surface area contributed by atoms with Gasteiger partial charge in [0, 0.05) is 12.7 Å². The van der Waals surface area contributed by atoms with E-state index in [0.717, 1.165) is 5.69 Å². The minimum Gasteiger partial charge on any atom is -0.313 e. The molecule has 4 nitrogen and oxygen atoms in total.